The molecule has 3 aromatic rings. The number of benzene rings is 1. The Labute approximate surface area is 171 Å². The van der Waals surface area contributed by atoms with Crippen molar-refractivity contribution in [1.82, 2.24) is 24.7 Å². The summed E-state index contributed by atoms with van der Waals surface area (Å²) in [5, 5.41) is 28.7. The molecule has 0 bridgehead atoms. The molecule has 2 aromatic heterocycles. The Morgan fingerprint density at radius 1 is 1.24 bits per heavy atom. The zero-order valence-corrected chi connectivity index (χ0v) is 17.4. The van der Waals surface area contributed by atoms with Gasteiger partial charge in [0, 0.05) is 0 Å². The second kappa shape index (κ2) is 8.86. The van der Waals surface area contributed by atoms with E-state index < -0.39 is 4.92 Å². The van der Waals surface area contributed by atoms with Gasteiger partial charge < -0.3 is 4.74 Å². The van der Waals surface area contributed by atoms with Crippen molar-refractivity contribution < 1.29 is 9.66 Å². The lowest BCUT2D eigenvalue weighted by Crippen LogP contribution is -2.02. The molecular formula is C18H21N7O3S. The molecule has 0 spiro atoms. The van der Waals surface area contributed by atoms with E-state index in [2.05, 4.69) is 20.4 Å². The molecule has 0 amide bonds. The molecule has 0 N–H and O–H groups in total. The highest BCUT2D eigenvalue weighted by molar-refractivity contribution is 7.98. The number of nitrogens with zero attached hydrogens (tertiary/aromatic N) is 7. The van der Waals surface area contributed by atoms with Crippen LogP contribution in [-0.2, 0) is 5.88 Å². The van der Waals surface area contributed by atoms with Gasteiger partial charge in [-0.3, -0.25) is 14.8 Å². The first kappa shape index (κ1) is 20.5. The first-order valence-corrected chi connectivity index (χ1v) is 9.89. The quantitative estimate of drug-likeness (QED) is 0.240. The summed E-state index contributed by atoms with van der Waals surface area (Å²) in [6, 6.07) is 7.59. The molecule has 2 heterocycles. The summed E-state index contributed by atoms with van der Waals surface area (Å²) in [6.07, 6.45) is 1.71. The fraction of sp³-hybridized carbons (Fsp3) is 0.333. The highest BCUT2D eigenvalue weighted by Crippen LogP contribution is 2.25. The van der Waals surface area contributed by atoms with E-state index in [0.717, 1.165) is 11.3 Å². The predicted octanol–water partition coefficient (Wildman–Crippen LogP) is 3.34. The number of hydrogen-bond donors (Lipinski definition) is 0. The maximum absolute atomic E-state index is 11.2. The van der Waals surface area contributed by atoms with Crippen LogP contribution >= 0.6 is 11.8 Å². The molecule has 0 aliphatic rings. The Morgan fingerprint density at radius 3 is 2.59 bits per heavy atom. The molecule has 152 valence electrons. The number of aryl methyl sites for hydroxylation is 2. The maximum atomic E-state index is 11.2. The molecule has 1 aromatic carbocycles. The lowest BCUT2D eigenvalue weighted by molar-refractivity contribution is -0.386. The lowest BCUT2D eigenvalue weighted by Gasteiger charge is -2.04. The fourth-order valence-corrected chi connectivity index (χ4v) is 3.59. The lowest BCUT2D eigenvalue weighted by atomic mass is 10.2. The molecule has 10 nitrogen and oxygen atoms in total. The highest BCUT2D eigenvalue weighted by Gasteiger charge is 2.22. The van der Waals surface area contributed by atoms with Crippen LogP contribution < -0.4 is 4.74 Å². The van der Waals surface area contributed by atoms with E-state index in [-0.39, 0.29) is 5.69 Å². The van der Waals surface area contributed by atoms with Crippen LogP contribution in [0.2, 0.25) is 0 Å². The largest absolute Gasteiger partial charge is 0.494 e. The van der Waals surface area contributed by atoms with E-state index in [9.17, 15) is 10.1 Å². The van der Waals surface area contributed by atoms with Gasteiger partial charge in [-0.15, -0.1) is 10.2 Å². The number of rotatable bonds is 8. The van der Waals surface area contributed by atoms with Gasteiger partial charge in [0.1, 0.15) is 17.1 Å². The van der Waals surface area contributed by atoms with Crippen LogP contribution in [-0.4, -0.2) is 42.4 Å². The van der Waals surface area contributed by atoms with Crippen LogP contribution in [0, 0.1) is 30.9 Å². The topological polar surface area (TPSA) is 113 Å². The minimum Gasteiger partial charge on any atom is -0.494 e. The first-order chi connectivity index (χ1) is 13.9. The monoisotopic (exact) mass is 415 g/mol. The summed E-state index contributed by atoms with van der Waals surface area (Å²) < 4.78 is 8.65. The minimum atomic E-state index is -0.410. The summed E-state index contributed by atoms with van der Waals surface area (Å²) in [7, 11) is 0. The van der Waals surface area contributed by atoms with E-state index in [1.54, 1.807) is 36.3 Å². The molecule has 0 radical (unpaired) electrons. The van der Waals surface area contributed by atoms with E-state index >= 15 is 0 Å². The number of hydrogen-bond acceptors (Lipinski definition) is 8. The second-order valence-electron chi connectivity index (χ2n) is 6.14. The third-order valence-corrected chi connectivity index (χ3v) is 5.01. The van der Waals surface area contributed by atoms with Crippen molar-refractivity contribution in [2.24, 2.45) is 5.10 Å². The number of aromatic nitrogens is 5. The Kier molecular flexibility index (Phi) is 6.27. The third kappa shape index (κ3) is 4.62. The zero-order valence-electron chi connectivity index (χ0n) is 16.6. The molecule has 29 heavy (non-hydrogen) atoms. The van der Waals surface area contributed by atoms with Gasteiger partial charge in [-0.25, -0.2) is 0 Å². The molecule has 0 atom stereocenters. The summed E-state index contributed by atoms with van der Waals surface area (Å²) in [6.45, 7) is 7.67. The van der Waals surface area contributed by atoms with E-state index in [1.165, 1.54) is 11.8 Å². The van der Waals surface area contributed by atoms with Crippen LogP contribution in [0.15, 0.2) is 34.5 Å². The molecule has 0 saturated carbocycles. The molecule has 0 saturated heterocycles. The van der Waals surface area contributed by atoms with E-state index in [0.29, 0.717) is 34.9 Å². The molecule has 0 aliphatic carbocycles. The van der Waals surface area contributed by atoms with Crippen LogP contribution in [0.4, 0.5) is 5.69 Å². The van der Waals surface area contributed by atoms with Gasteiger partial charge in [-0.2, -0.15) is 14.9 Å². The molecule has 0 unspecified atom stereocenters. The highest BCUT2D eigenvalue weighted by atomic mass is 32.2. The summed E-state index contributed by atoms with van der Waals surface area (Å²) in [5.41, 5.74) is 1.84. The third-order valence-electron chi connectivity index (χ3n) is 4.12. The van der Waals surface area contributed by atoms with Crippen molar-refractivity contribution >= 4 is 23.7 Å². The molecule has 11 heteroatoms. The van der Waals surface area contributed by atoms with Crippen molar-refractivity contribution in [3.8, 4) is 5.75 Å². The SMILES string of the molecule is CCOc1ccc(C=Nn2c(C)nnc2SCn2nc(C)c([N+](=O)[O-])c2C)cc1. The smallest absolute Gasteiger partial charge is 0.312 e. The standard InChI is InChI=1S/C18H21N7O3S/c1-5-28-16-8-6-15(7-9-16)10-19-24-14(4)20-21-18(24)29-11-23-13(3)17(25(26)27)12(2)22-23/h6-10H,5,11H2,1-4H3. The normalized spacial score (nSPS) is 11.3. The molecule has 0 aliphatic heterocycles. The Hall–Kier alpha value is -3.21. The average molecular weight is 415 g/mol. The van der Waals surface area contributed by atoms with Gasteiger partial charge in [0.15, 0.2) is 5.82 Å². The second-order valence-corrected chi connectivity index (χ2v) is 7.05. The fourth-order valence-electron chi connectivity index (χ4n) is 2.70. The summed E-state index contributed by atoms with van der Waals surface area (Å²) in [4.78, 5) is 10.7. The number of thioether (sulfide) groups is 1. The van der Waals surface area contributed by atoms with Crippen LogP contribution in [0.3, 0.4) is 0 Å². The van der Waals surface area contributed by atoms with Crippen molar-refractivity contribution in [2.75, 3.05) is 6.61 Å². The van der Waals surface area contributed by atoms with Gasteiger partial charge in [0.05, 0.1) is 23.6 Å². The molecule has 0 fully saturated rings. The van der Waals surface area contributed by atoms with E-state index in [1.807, 2.05) is 31.2 Å². The minimum absolute atomic E-state index is 0.0387. The Balaban J connectivity index is 1.74. The maximum Gasteiger partial charge on any atom is 0.312 e. The Morgan fingerprint density at radius 2 is 1.97 bits per heavy atom. The Bertz CT molecular complexity index is 1040. The summed E-state index contributed by atoms with van der Waals surface area (Å²) in [5.74, 6) is 1.80. The predicted molar refractivity (Wildman–Crippen MR) is 110 cm³/mol. The zero-order chi connectivity index (χ0) is 21.0. The first-order valence-electron chi connectivity index (χ1n) is 8.91. The number of ether oxygens (including phenoxy) is 1. The molecule has 3 rings (SSSR count). The van der Waals surface area contributed by atoms with Gasteiger partial charge in [0.2, 0.25) is 5.16 Å². The molecular weight excluding hydrogens is 394 g/mol. The average Bonchev–Trinajstić information content (AvgIpc) is 3.18. The van der Waals surface area contributed by atoms with Crippen molar-refractivity contribution in [3.63, 3.8) is 0 Å². The van der Waals surface area contributed by atoms with E-state index in [4.69, 9.17) is 4.74 Å². The van der Waals surface area contributed by atoms with Gasteiger partial charge in [0.25, 0.3) is 0 Å². The van der Waals surface area contributed by atoms with Gasteiger partial charge >= 0.3 is 5.69 Å². The van der Waals surface area contributed by atoms with Crippen molar-refractivity contribution in [1.29, 1.82) is 0 Å². The van der Waals surface area contributed by atoms with Crippen LogP contribution in [0.5, 0.6) is 5.75 Å². The van der Waals surface area contributed by atoms with Crippen molar-refractivity contribution in [3.05, 3.63) is 57.2 Å². The van der Waals surface area contributed by atoms with Gasteiger partial charge in [-0.05, 0) is 57.5 Å². The number of nitro groups is 1. The van der Waals surface area contributed by atoms with Crippen molar-refractivity contribution in [2.45, 2.75) is 38.7 Å². The van der Waals surface area contributed by atoms with Crippen LogP contribution in [0.25, 0.3) is 0 Å². The van der Waals surface area contributed by atoms with Crippen LogP contribution in [0.1, 0.15) is 29.7 Å². The van der Waals surface area contributed by atoms with Gasteiger partial charge in [-0.1, -0.05) is 11.8 Å². The summed E-state index contributed by atoms with van der Waals surface area (Å²) >= 11 is 1.35.